The highest BCUT2D eigenvalue weighted by atomic mass is 32.1. The molecule has 0 fully saturated rings. The predicted octanol–water partition coefficient (Wildman–Crippen LogP) is 3.73. The summed E-state index contributed by atoms with van der Waals surface area (Å²) in [6, 6.07) is 0. The molecular weight excluding hydrogens is 362 g/mol. The Hall–Kier alpha value is -1.93. The van der Waals surface area contributed by atoms with Crippen molar-refractivity contribution in [1.82, 2.24) is 20.2 Å². The molecule has 1 atom stereocenters. The average molecular weight is 394 g/mol. The van der Waals surface area contributed by atoms with Gasteiger partial charge in [-0.1, -0.05) is 20.8 Å². The molecule has 2 heterocycles. The molecule has 0 radical (unpaired) electrons. The van der Waals surface area contributed by atoms with Crippen LogP contribution in [0.3, 0.4) is 0 Å². The zero-order chi connectivity index (χ0) is 20.0. The van der Waals surface area contributed by atoms with Crippen LogP contribution < -0.4 is 5.32 Å². The fourth-order valence-electron chi connectivity index (χ4n) is 2.34. The van der Waals surface area contributed by atoms with Gasteiger partial charge in [0, 0.05) is 31.5 Å². The molecule has 0 aliphatic heterocycles. The summed E-state index contributed by atoms with van der Waals surface area (Å²) in [5, 5.41) is 6.36. The van der Waals surface area contributed by atoms with E-state index in [4.69, 9.17) is 9.15 Å². The Labute approximate surface area is 165 Å². The lowest BCUT2D eigenvalue weighted by molar-refractivity contribution is 0.119. The number of rotatable bonds is 7. The third-order valence-electron chi connectivity index (χ3n) is 4.02. The van der Waals surface area contributed by atoms with Gasteiger partial charge in [-0.05, 0) is 13.8 Å². The van der Waals surface area contributed by atoms with E-state index >= 15 is 0 Å². The van der Waals surface area contributed by atoms with Crippen LogP contribution in [0, 0.1) is 0 Å². The van der Waals surface area contributed by atoms with Crippen LogP contribution in [-0.2, 0) is 23.2 Å². The fourth-order valence-corrected chi connectivity index (χ4v) is 3.18. The molecule has 0 aliphatic carbocycles. The fraction of sp³-hybridized carbons (Fsp3) is 0.632. The molecule has 8 heteroatoms. The topological polar surface area (TPSA) is 75.8 Å². The van der Waals surface area contributed by atoms with E-state index in [2.05, 4.69) is 46.4 Å². The highest BCUT2D eigenvalue weighted by molar-refractivity contribution is 7.09. The van der Waals surface area contributed by atoms with E-state index in [1.54, 1.807) is 24.6 Å². The normalized spacial score (nSPS) is 13.7. The van der Waals surface area contributed by atoms with Gasteiger partial charge < -0.3 is 19.4 Å². The van der Waals surface area contributed by atoms with E-state index < -0.39 is 0 Å². The first kappa shape index (κ1) is 21.4. The quantitative estimate of drug-likeness (QED) is 0.570. The molecule has 27 heavy (non-hydrogen) atoms. The van der Waals surface area contributed by atoms with Gasteiger partial charge in [0.15, 0.2) is 5.96 Å². The predicted molar refractivity (Wildman–Crippen MR) is 109 cm³/mol. The molecular formula is C19H31N5O2S. The number of aromatic nitrogens is 2. The number of oxazole rings is 1. The van der Waals surface area contributed by atoms with E-state index in [-0.39, 0.29) is 11.5 Å². The summed E-state index contributed by atoms with van der Waals surface area (Å²) >= 11 is 1.62. The maximum Gasteiger partial charge on any atom is 0.216 e. The Balaban J connectivity index is 2.05. The van der Waals surface area contributed by atoms with Gasteiger partial charge in [-0.2, -0.15) is 0 Å². The molecule has 0 saturated heterocycles. The first-order chi connectivity index (χ1) is 12.7. The van der Waals surface area contributed by atoms with Crippen molar-refractivity contribution in [2.24, 2.45) is 4.99 Å². The summed E-state index contributed by atoms with van der Waals surface area (Å²) in [6.07, 6.45) is 1.80. The lowest BCUT2D eigenvalue weighted by atomic mass is 9.94. The molecule has 2 aromatic rings. The van der Waals surface area contributed by atoms with Gasteiger partial charge in [-0.15, -0.1) is 11.3 Å². The maximum atomic E-state index is 5.83. The largest absolute Gasteiger partial charge is 0.443 e. The second-order valence-electron chi connectivity index (χ2n) is 7.45. The minimum Gasteiger partial charge on any atom is -0.443 e. The molecule has 7 nitrogen and oxygen atoms in total. The number of thiazole rings is 1. The van der Waals surface area contributed by atoms with Gasteiger partial charge in [-0.25, -0.2) is 15.0 Å². The van der Waals surface area contributed by atoms with Crippen LogP contribution in [0.5, 0.6) is 0 Å². The molecule has 0 saturated carbocycles. The van der Waals surface area contributed by atoms with Crippen molar-refractivity contribution in [2.45, 2.75) is 59.2 Å². The number of hydrogen-bond donors (Lipinski definition) is 1. The third-order valence-corrected chi connectivity index (χ3v) is 5.08. The van der Waals surface area contributed by atoms with Gasteiger partial charge in [-0.3, -0.25) is 0 Å². The van der Waals surface area contributed by atoms with Crippen LogP contribution in [0.4, 0.5) is 0 Å². The van der Waals surface area contributed by atoms with Crippen LogP contribution >= 0.6 is 11.3 Å². The summed E-state index contributed by atoms with van der Waals surface area (Å²) in [5.41, 5.74) is 0.941. The van der Waals surface area contributed by atoms with E-state index in [1.165, 1.54) is 0 Å². The van der Waals surface area contributed by atoms with Crippen molar-refractivity contribution in [3.05, 3.63) is 33.9 Å². The van der Waals surface area contributed by atoms with E-state index in [1.807, 2.05) is 25.8 Å². The molecule has 0 spiro atoms. The number of aliphatic imine (C=N–C) groups is 1. The summed E-state index contributed by atoms with van der Waals surface area (Å²) in [6.45, 7) is 12.2. The minimum absolute atomic E-state index is 0.0120. The van der Waals surface area contributed by atoms with E-state index in [9.17, 15) is 0 Å². The number of methoxy groups -OCH3 is 1. The van der Waals surface area contributed by atoms with Gasteiger partial charge in [0.1, 0.15) is 23.4 Å². The van der Waals surface area contributed by atoms with Crippen molar-refractivity contribution in [3.8, 4) is 0 Å². The lowest BCUT2D eigenvalue weighted by Crippen LogP contribution is -2.38. The Bertz CT molecular complexity index is 747. The van der Waals surface area contributed by atoms with Crippen molar-refractivity contribution in [3.63, 3.8) is 0 Å². The summed E-state index contributed by atoms with van der Waals surface area (Å²) in [7, 11) is 3.69. The van der Waals surface area contributed by atoms with Gasteiger partial charge in [0.2, 0.25) is 5.89 Å². The molecule has 0 aromatic carbocycles. The van der Waals surface area contributed by atoms with Crippen LogP contribution in [0.1, 0.15) is 63.1 Å². The highest BCUT2D eigenvalue weighted by Gasteiger charge is 2.19. The Morgan fingerprint density at radius 1 is 1.44 bits per heavy atom. The minimum atomic E-state index is -0.0576. The highest BCUT2D eigenvalue weighted by Crippen LogP contribution is 2.23. The average Bonchev–Trinajstić information content (AvgIpc) is 3.27. The number of hydrogen-bond acceptors (Lipinski definition) is 6. The lowest BCUT2D eigenvalue weighted by Gasteiger charge is -2.21. The molecule has 1 N–H and O–H groups in total. The van der Waals surface area contributed by atoms with Gasteiger partial charge >= 0.3 is 0 Å². The Morgan fingerprint density at radius 3 is 2.78 bits per heavy atom. The zero-order valence-electron chi connectivity index (χ0n) is 17.4. The smallest absolute Gasteiger partial charge is 0.216 e. The van der Waals surface area contributed by atoms with E-state index in [0.717, 1.165) is 29.0 Å². The monoisotopic (exact) mass is 393 g/mol. The molecule has 0 aliphatic rings. The van der Waals surface area contributed by atoms with Crippen LogP contribution in [0.15, 0.2) is 21.0 Å². The standard InChI is InChI=1S/C19H31N5O2S/c1-8-20-18(22-10-16-21-9-15(26-16)19(3,4)5)24(6)11-14-12-27-17(23-14)13(2)25-7/h9,12-13H,8,10-11H2,1-7H3,(H,20,22). The molecule has 150 valence electrons. The second kappa shape index (κ2) is 9.32. The first-order valence-corrected chi connectivity index (χ1v) is 10.0. The maximum absolute atomic E-state index is 5.83. The van der Waals surface area contributed by atoms with Crippen molar-refractivity contribution >= 4 is 17.3 Å². The summed E-state index contributed by atoms with van der Waals surface area (Å²) in [4.78, 5) is 15.7. The summed E-state index contributed by atoms with van der Waals surface area (Å²) in [5.74, 6) is 2.28. The second-order valence-corrected chi connectivity index (χ2v) is 8.34. The SMILES string of the molecule is CCNC(=NCc1ncc(C(C)(C)C)o1)N(C)Cc1csc(C(C)OC)n1. The van der Waals surface area contributed by atoms with E-state index in [0.29, 0.717) is 19.0 Å². The van der Waals surface area contributed by atoms with Gasteiger partial charge in [0.05, 0.1) is 18.4 Å². The number of ether oxygens (including phenoxy) is 1. The van der Waals surface area contributed by atoms with Crippen LogP contribution in [-0.4, -0.2) is 41.5 Å². The van der Waals surface area contributed by atoms with Crippen molar-refractivity contribution in [2.75, 3.05) is 20.7 Å². The van der Waals surface area contributed by atoms with Crippen LogP contribution in [0.2, 0.25) is 0 Å². The summed E-state index contributed by atoms with van der Waals surface area (Å²) < 4.78 is 11.2. The third kappa shape index (κ3) is 6.04. The Kier molecular flexibility index (Phi) is 7.38. The van der Waals surface area contributed by atoms with Crippen LogP contribution in [0.25, 0.3) is 0 Å². The molecule has 0 bridgehead atoms. The zero-order valence-corrected chi connectivity index (χ0v) is 18.2. The number of nitrogens with one attached hydrogen (secondary N) is 1. The first-order valence-electron chi connectivity index (χ1n) is 9.16. The Morgan fingerprint density at radius 2 is 2.19 bits per heavy atom. The molecule has 0 amide bonds. The molecule has 2 aromatic heterocycles. The number of guanidine groups is 1. The number of nitrogens with zero attached hydrogens (tertiary/aromatic N) is 4. The molecule has 1 unspecified atom stereocenters. The van der Waals surface area contributed by atoms with Gasteiger partial charge in [0.25, 0.3) is 0 Å². The molecule has 2 rings (SSSR count). The van der Waals surface area contributed by atoms with Crippen molar-refractivity contribution in [1.29, 1.82) is 0 Å². The van der Waals surface area contributed by atoms with Crippen molar-refractivity contribution < 1.29 is 9.15 Å².